The molecule has 7 nitrogen and oxygen atoms in total. The molecule has 1 spiro atoms. The number of piperidine rings is 1. The highest BCUT2D eigenvalue weighted by Crippen LogP contribution is 2.49. The highest BCUT2D eigenvalue weighted by Gasteiger charge is 2.52. The molecule has 8 heteroatoms. The summed E-state index contributed by atoms with van der Waals surface area (Å²) < 4.78 is 23.4. The minimum atomic E-state index is -1.17. The van der Waals surface area contributed by atoms with Gasteiger partial charge in [-0.1, -0.05) is 0 Å². The molecule has 0 aliphatic carbocycles. The molecule has 0 radical (unpaired) electrons. The lowest BCUT2D eigenvalue weighted by molar-refractivity contribution is 0.00563. The first kappa shape index (κ1) is 20.5. The van der Waals surface area contributed by atoms with Gasteiger partial charge in [-0.25, -0.2) is 4.79 Å². The van der Waals surface area contributed by atoms with E-state index in [1.807, 2.05) is 52.3 Å². The van der Waals surface area contributed by atoms with Gasteiger partial charge in [-0.3, -0.25) is 4.68 Å². The van der Waals surface area contributed by atoms with Gasteiger partial charge in [-0.15, -0.1) is 4.72 Å². The van der Waals surface area contributed by atoms with Crippen molar-refractivity contribution in [2.75, 3.05) is 13.1 Å². The molecule has 1 fully saturated rings. The summed E-state index contributed by atoms with van der Waals surface area (Å²) in [5, 5.41) is 4.44. The van der Waals surface area contributed by atoms with Crippen LogP contribution >= 0.6 is 0 Å². The first-order valence-corrected chi connectivity index (χ1v) is 10.7. The first-order chi connectivity index (χ1) is 12.4. The highest BCUT2D eigenvalue weighted by molar-refractivity contribution is 7.90. The van der Waals surface area contributed by atoms with Gasteiger partial charge in [0.2, 0.25) is 0 Å². The fourth-order valence-electron chi connectivity index (χ4n) is 3.80. The standard InChI is InChI=1S/C19H32N4O3S/c1-17(2,3)26-16(24)22-11-8-19(9-12-22)13-23-14(7-10-20-23)15(19)21-27(25)18(4,5)6/h7,10,15,21H,8-9,11-13H2,1-6H3/t15-,27-/m1/s1. The molecule has 2 aliphatic heterocycles. The second kappa shape index (κ2) is 6.97. The van der Waals surface area contributed by atoms with Crippen LogP contribution < -0.4 is 4.72 Å². The molecule has 3 heterocycles. The zero-order valence-corrected chi connectivity index (χ0v) is 18.1. The van der Waals surface area contributed by atoms with Crippen molar-refractivity contribution in [3.05, 3.63) is 18.0 Å². The number of hydrogen-bond acceptors (Lipinski definition) is 5. The van der Waals surface area contributed by atoms with E-state index in [-0.39, 0.29) is 22.3 Å². The van der Waals surface area contributed by atoms with E-state index in [9.17, 15) is 9.35 Å². The minimum absolute atomic E-state index is 0.0270. The topological polar surface area (TPSA) is 82.5 Å². The van der Waals surface area contributed by atoms with Crippen LogP contribution in [0, 0.1) is 5.41 Å². The Labute approximate surface area is 165 Å². The van der Waals surface area contributed by atoms with Crippen LogP contribution in [0.3, 0.4) is 0 Å². The lowest BCUT2D eigenvalue weighted by Crippen LogP contribution is -2.51. The average molecular weight is 397 g/mol. The van der Waals surface area contributed by atoms with E-state index in [1.54, 1.807) is 11.1 Å². The number of likely N-dealkylation sites (tertiary alicyclic amines) is 1. The minimum Gasteiger partial charge on any atom is -0.598 e. The SMILES string of the molecule is CC(C)(C)OC(=O)N1CCC2(CC1)Cn1nccc1[C@H]2N[S@+]([O-])C(C)(C)C. The molecular weight excluding hydrogens is 364 g/mol. The van der Waals surface area contributed by atoms with Gasteiger partial charge < -0.3 is 14.2 Å². The predicted octanol–water partition coefficient (Wildman–Crippen LogP) is 3.01. The van der Waals surface area contributed by atoms with Crippen LogP contribution in [-0.2, 0) is 22.6 Å². The summed E-state index contributed by atoms with van der Waals surface area (Å²) in [6, 6.07) is 1.98. The van der Waals surface area contributed by atoms with E-state index in [1.165, 1.54) is 0 Å². The van der Waals surface area contributed by atoms with Crippen LogP contribution in [-0.4, -0.2) is 48.8 Å². The Balaban J connectivity index is 1.73. The van der Waals surface area contributed by atoms with E-state index in [0.29, 0.717) is 13.1 Å². The number of hydrogen-bond donors (Lipinski definition) is 1. The van der Waals surface area contributed by atoms with Crippen LogP contribution in [0.5, 0.6) is 0 Å². The summed E-state index contributed by atoms with van der Waals surface area (Å²) >= 11 is -1.17. The van der Waals surface area contributed by atoms with Crippen molar-refractivity contribution < 1.29 is 14.1 Å². The molecule has 152 valence electrons. The molecule has 1 amide bonds. The van der Waals surface area contributed by atoms with Crippen LogP contribution in [0.25, 0.3) is 0 Å². The smallest absolute Gasteiger partial charge is 0.410 e. The van der Waals surface area contributed by atoms with E-state index < -0.39 is 17.0 Å². The van der Waals surface area contributed by atoms with Crippen LogP contribution in [0.2, 0.25) is 0 Å². The lowest BCUT2D eigenvalue weighted by Gasteiger charge is -2.43. The van der Waals surface area contributed by atoms with Crippen molar-refractivity contribution in [3.8, 4) is 0 Å². The zero-order chi connectivity index (χ0) is 20.0. The number of nitrogens with zero attached hydrogens (tertiary/aromatic N) is 3. The maximum Gasteiger partial charge on any atom is 0.410 e. The van der Waals surface area contributed by atoms with Crippen molar-refractivity contribution in [1.82, 2.24) is 19.4 Å². The molecular formula is C19H32N4O3S. The molecule has 1 aromatic rings. The second-order valence-electron chi connectivity index (χ2n) is 9.68. The summed E-state index contributed by atoms with van der Waals surface area (Å²) in [7, 11) is 0. The number of aromatic nitrogens is 2. The van der Waals surface area contributed by atoms with Crippen molar-refractivity contribution >= 4 is 17.5 Å². The highest BCUT2D eigenvalue weighted by atomic mass is 32.2. The number of fused-ring (bicyclic) bond motifs is 1. The molecule has 0 unspecified atom stereocenters. The van der Waals surface area contributed by atoms with E-state index in [2.05, 4.69) is 9.82 Å². The van der Waals surface area contributed by atoms with E-state index in [4.69, 9.17) is 4.74 Å². The summed E-state index contributed by atoms with van der Waals surface area (Å²) in [5.41, 5.74) is 0.511. The average Bonchev–Trinajstić information content (AvgIpc) is 3.07. The van der Waals surface area contributed by atoms with Crippen molar-refractivity contribution in [3.63, 3.8) is 0 Å². The first-order valence-electron chi connectivity index (χ1n) is 9.59. The normalized spacial score (nSPS) is 23.4. The molecule has 1 aromatic heterocycles. The van der Waals surface area contributed by atoms with E-state index >= 15 is 0 Å². The lowest BCUT2D eigenvalue weighted by atomic mass is 9.74. The summed E-state index contributed by atoms with van der Waals surface area (Å²) in [4.78, 5) is 14.2. The van der Waals surface area contributed by atoms with Crippen LogP contribution in [0.4, 0.5) is 4.79 Å². The maximum absolute atomic E-state index is 12.8. The number of ether oxygens (including phenoxy) is 1. The fraction of sp³-hybridized carbons (Fsp3) is 0.789. The Kier molecular flexibility index (Phi) is 5.29. The van der Waals surface area contributed by atoms with Gasteiger partial charge in [-0.2, -0.15) is 5.10 Å². The van der Waals surface area contributed by atoms with Gasteiger partial charge >= 0.3 is 6.09 Å². The summed E-state index contributed by atoms with van der Waals surface area (Å²) in [5.74, 6) is 0. The monoisotopic (exact) mass is 396 g/mol. The zero-order valence-electron chi connectivity index (χ0n) is 17.2. The van der Waals surface area contributed by atoms with Gasteiger partial charge in [-0.05, 0) is 60.5 Å². The third kappa shape index (κ3) is 4.27. The number of amides is 1. The molecule has 2 atom stereocenters. The van der Waals surface area contributed by atoms with Crippen molar-refractivity contribution in [2.24, 2.45) is 5.41 Å². The Morgan fingerprint density at radius 2 is 1.93 bits per heavy atom. The molecule has 0 bridgehead atoms. The van der Waals surface area contributed by atoms with E-state index in [0.717, 1.165) is 25.1 Å². The van der Waals surface area contributed by atoms with Gasteiger partial charge in [0, 0.05) is 42.6 Å². The van der Waals surface area contributed by atoms with Crippen molar-refractivity contribution in [1.29, 1.82) is 0 Å². The largest absolute Gasteiger partial charge is 0.598 e. The number of carbonyl (C=O) groups is 1. The number of rotatable bonds is 2. The van der Waals surface area contributed by atoms with Gasteiger partial charge in [0.15, 0.2) is 0 Å². The van der Waals surface area contributed by atoms with Gasteiger partial charge in [0.1, 0.15) is 16.4 Å². The summed E-state index contributed by atoms with van der Waals surface area (Å²) in [6.45, 7) is 13.6. The predicted molar refractivity (Wildman–Crippen MR) is 105 cm³/mol. The number of carbonyl (C=O) groups excluding carboxylic acids is 1. The molecule has 27 heavy (non-hydrogen) atoms. The Hall–Kier alpha value is -1.25. The third-order valence-electron chi connectivity index (χ3n) is 5.31. The van der Waals surface area contributed by atoms with Gasteiger partial charge in [0.25, 0.3) is 0 Å². The Morgan fingerprint density at radius 1 is 1.30 bits per heavy atom. The fourth-order valence-corrected chi connectivity index (χ4v) is 4.74. The second-order valence-corrected chi connectivity index (χ2v) is 11.7. The molecule has 2 aliphatic rings. The molecule has 0 aromatic carbocycles. The summed E-state index contributed by atoms with van der Waals surface area (Å²) in [6.07, 6.45) is 3.20. The number of nitrogens with one attached hydrogen (secondary N) is 1. The van der Waals surface area contributed by atoms with Gasteiger partial charge in [0.05, 0.1) is 5.69 Å². The van der Waals surface area contributed by atoms with Crippen LogP contribution in [0.15, 0.2) is 12.3 Å². The quantitative estimate of drug-likeness (QED) is 0.777. The van der Waals surface area contributed by atoms with Crippen molar-refractivity contribution in [2.45, 2.75) is 77.3 Å². The molecule has 1 N–H and O–H groups in total. The Bertz CT molecular complexity index is 684. The van der Waals surface area contributed by atoms with Crippen LogP contribution in [0.1, 0.15) is 66.1 Å². The molecule has 0 saturated carbocycles. The third-order valence-corrected chi connectivity index (χ3v) is 6.88. The Morgan fingerprint density at radius 3 is 2.48 bits per heavy atom. The molecule has 1 saturated heterocycles. The maximum atomic E-state index is 12.8. The molecule has 3 rings (SSSR count).